The van der Waals surface area contributed by atoms with Crippen molar-refractivity contribution in [2.75, 3.05) is 57.3 Å². The van der Waals surface area contributed by atoms with E-state index in [4.69, 9.17) is 4.74 Å². The molecule has 1 N–H and O–H groups in total. The van der Waals surface area contributed by atoms with Crippen LogP contribution < -0.4 is 4.90 Å². The van der Waals surface area contributed by atoms with E-state index in [1.165, 1.54) is 27.7 Å². The molecule has 5 rings (SSSR count). The average molecular weight is 560 g/mol. The molecule has 0 unspecified atom stereocenters. The monoisotopic (exact) mass is 559 g/mol. The number of ether oxygens (including phenoxy) is 1. The Balaban J connectivity index is 1.23. The van der Waals surface area contributed by atoms with Gasteiger partial charge in [0.2, 0.25) is 0 Å². The zero-order valence-corrected chi connectivity index (χ0v) is 25.9. The normalized spacial score (nSPS) is 17.9. The van der Waals surface area contributed by atoms with Gasteiger partial charge in [0.1, 0.15) is 5.60 Å². The first-order valence-electron chi connectivity index (χ1n) is 15.5. The van der Waals surface area contributed by atoms with Gasteiger partial charge in [-0.25, -0.2) is 4.79 Å². The Labute approximate surface area is 246 Å². The predicted molar refractivity (Wildman–Crippen MR) is 170 cm³/mol. The number of piperidine rings is 1. The first-order chi connectivity index (χ1) is 19.6. The molecule has 222 valence electrons. The molecule has 2 saturated heterocycles. The average Bonchev–Trinajstić information content (AvgIpc) is 3.36. The summed E-state index contributed by atoms with van der Waals surface area (Å²) in [5.41, 5.74) is 5.53. The van der Waals surface area contributed by atoms with Crippen molar-refractivity contribution in [1.82, 2.24) is 19.7 Å². The summed E-state index contributed by atoms with van der Waals surface area (Å²) in [5, 5.41) is 1.25. The van der Waals surface area contributed by atoms with Gasteiger partial charge in [-0.3, -0.25) is 9.80 Å². The highest BCUT2D eigenvalue weighted by atomic mass is 16.6. The number of aromatic amines is 1. The Morgan fingerprint density at radius 3 is 2.41 bits per heavy atom. The Morgan fingerprint density at radius 2 is 1.73 bits per heavy atom. The number of H-pyrrole nitrogens is 1. The molecule has 2 aliphatic rings. The number of benzene rings is 2. The van der Waals surface area contributed by atoms with Crippen LogP contribution in [0.25, 0.3) is 22.2 Å². The molecule has 0 bridgehead atoms. The van der Waals surface area contributed by atoms with E-state index in [-0.39, 0.29) is 12.1 Å². The van der Waals surface area contributed by atoms with Crippen molar-refractivity contribution in [2.24, 2.45) is 0 Å². The zero-order valence-electron chi connectivity index (χ0n) is 25.9. The number of fused-ring (bicyclic) bond motifs is 1. The largest absolute Gasteiger partial charge is 0.444 e. The van der Waals surface area contributed by atoms with E-state index in [0.717, 1.165) is 70.9 Å². The van der Waals surface area contributed by atoms with Crippen molar-refractivity contribution in [3.8, 4) is 11.3 Å². The molecule has 0 atom stereocenters. The van der Waals surface area contributed by atoms with Crippen LogP contribution in [0.4, 0.5) is 10.5 Å². The Hall–Kier alpha value is -3.03. The maximum absolute atomic E-state index is 13.4. The van der Waals surface area contributed by atoms with Gasteiger partial charge in [0.05, 0.1) is 0 Å². The van der Waals surface area contributed by atoms with E-state index in [1.807, 2.05) is 25.7 Å². The molecule has 7 nitrogen and oxygen atoms in total. The van der Waals surface area contributed by atoms with E-state index >= 15 is 0 Å². The summed E-state index contributed by atoms with van der Waals surface area (Å²) >= 11 is 0. The lowest BCUT2D eigenvalue weighted by Gasteiger charge is -2.41. The molecule has 7 heteroatoms. The molecule has 3 aromatic rings. The maximum Gasteiger partial charge on any atom is 0.410 e. The third-order valence-electron chi connectivity index (χ3n) is 8.63. The summed E-state index contributed by atoms with van der Waals surface area (Å²) in [5.74, 6) is 0. The van der Waals surface area contributed by atoms with Crippen LogP contribution in [-0.2, 0) is 4.74 Å². The topological polar surface area (TPSA) is 55.1 Å². The number of amides is 1. The Kier molecular flexibility index (Phi) is 8.95. The number of aryl methyl sites for hydroxylation is 1. The maximum atomic E-state index is 13.4. The lowest BCUT2D eigenvalue weighted by molar-refractivity contribution is 0.00953. The number of rotatable bonds is 7. The predicted octanol–water partition coefficient (Wildman–Crippen LogP) is 6.38. The van der Waals surface area contributed by atoms with E-state index in [0.29, 0.717) is 6.04 Å². The van der Waals surface area contributed by atoms with E-state index < -0.39 is 5.60 Å². The van der Waals surface area contributed by atoms with Gasteiger partial charge in [-0.15, -0.1) is 0 Å². The standard InChI is InChI=1S/C34H49N5O2/c1-25(2)37-19-16-36(17-20-37)18-21-39(33(40)41-34(4,5)6)29-12-14-38(15-13-29)30-9-7-8-27(23-30)32-24-28-22-26(3)10-11-31(28)35-32/h7-11,22-25,29,35H,12-21H2,1-6H3. The van der Waals surface area contributed by atoms with E-state index in [1.54, 1.807) is 0 Å². The number of nitrogens with zero attached hydrogens (tertiary/aromatic N) is 4. The summed E-state index contributed by atoms with van der Waals surface area (Å²) in [4.78, 5) is 26.5. The van der Waals surface area contributed by atoms with Gasteiger partial charge in [0, 0.05) is 86.7 Å². The van der Waals surface area contributed by atoms with Crippen molar-refractivity contribution in [2.45, 2.75) is 72.1 Å². The van der Waals surface area contributed by atoms with Crippen LogP contribution in [0.5, 0.6) is 0 Å². The first-order valence-corrected chi connectivity index (χ1v) is 15.5. The van der Waals surface area contributed by atoms with Crippen molar-refractivity contribution in [3.63, 3.8) is 0 Å². The van der Waals surface area contributed by atoms with Crippen molar-refractivity contribution in [1.29, 1.82) is 0 Å². The molecule has 2 fully saturated rings. The Bertz CT molecular complexity index is 1310. The molecule has 2 aliphatic heterocycles. The van der Waals surface area contributed by atoms with Gasteiger partial charge >= 0.3 is 6.09 Å². The zero-order chi connectivity index (χ0) is 29.1. The second kappa shape index (κ2) is 12.5. The first kappa shape index (κ1) is 29.5. The molecule has 0 saturated carbocycles. The van der Waals surface area contributed by atoms with Gasteiger partial charge in [0.25, 0.3) is 0 Å². The highest BCUT2D eigenvalue weighted by molar-refractivity contribution is 5.86. The minimum atomic E-state index is -0.499. The summed E-state index contributed by atoms with van der Waals surface area (Å²) in [6.07, 6.45) is 1.71. The molecule has 3 heterocycles. The summed E-state index contributed by atoms with van der Waals surface area (Å²) in [7, 11) is 0. The number of anilines is 1. The summed E-state index contributed by atoms with van der Waals surface area (Å²) < 4.78 is 5.89. The molecule has 1 amide bonds. The number of hydrogen-bond acceptors (Lipinski definition) is 5. The number of piperazine rings is 1. The minimum absolute atomic E-state index is 0.173. The minimum Gasteiger partial charge on any atom is -0.444 e. The number of nitrogens with one attached hydrogen (secondary N) is 1. The van der Waals surface area contributed by atoms with Crippen molar-refractivity contribution < 1.29 is 9.53 Å². The number of hydrogen-bond donors (Lipinski definition) is 1. The third-order valence-corrected chi connectivity index (χ3v) is 8.63. The molecule has 1 aromatic heterocycles. The smallest absolute Gasteiger partial charge is 0.410 e. The summed E-state index contributed by atoms with van der Waals surface area (Å²) in [6.45, 7) is 20.3. The van der Waals surface area contributed by atoms with Crippen molar-refractivity contribution >= 4 is 22.7 Å². The number of aromatic nitrogens is 1. The van der Waals surface area contributed by atoms with Crippen LogP contribution in [0.2, 0.25) is 0 Å². The molecule has 41 heavy (non-hydrogen) atoms. The molecule has 0 spiro atoms. The van der Waals surface area contributed by atoms with Crippen LogP contribution in [0, 0.1) is 6.92 Å². The molecule has 0 radical (unpaired) electrons. The van der Waals surface area contributed by atoms with Crippen LogP contribution in [0.15, 0.2) is 48.5 Å². The molecular weight excluding hydrogens is 510 g/mol. The molecular formula is C34H49N5O2. The Morgan fingerprint density at radius 1 is 1.00 bits per heavy atom. The summed E-state index contributed by atoms with van der Waals surface area (Å²) in [6, 6.07) is 18.4. The third kappa shape index (κ3) is 7.44. The van der Waals surface area contributed by atoms with Crippen LogP contribution in [0.1, 0.15) is 53.0 Å². The highest BCUT2D eigenvalue weighted by Crippen LogP contribution is 2.30. The fourth-order valence-corrected chi connectivity index (χ4v) is 6.21. The fraction of sp³-hybridized carbons (Fsp3) is 0.559. The van der Waals surface area contributed by atoms with Gasteiger partial charge in [-0.05, 0) is 90.3 Å². The van der Waals surface area contributed by atoms with Crippen LogP contribution >= 0.6 is 0 Å². The molecule has 2 aromatic carbocycles. The van der Waals surface area contributed by atoms with Crippen LogP contribution in [0.3, 0.4) is 0 Å². The van der Waals surface area contributed by atoms with Gasteiger partial charge in [-0.1, -0.05) is 23.8 Å². The van der Waals surface area contributed by atoms with Crippen molar-refractivity contribution in [3.05, 3.63) is 54.1 Å². The second-order valence-corrected chi connectivity index (χ2v) is 13.2. The van der Waals surface area contributed by atoms with Gasteiger partial charge in [0.15, 0.2) is 0 Å². The van der Waals surface area contributed by atoms with E-state index in [2.05, 4.69) is 89.0 Å². The number of carbonyl (C=O) groups excluding carboxylic acids is 1. The van der Waals surface area contributed by atoms with Gasteiger partial charge in [-0.2, -0.15) is 0 Å². The van der Waals surface area contributed by atoms with E-state index in [9.17, 15) is 4.79 Å². The molecule has 0 aliphatic carbocycles. The fourth-order valence-electron chi connectivity index (χ4n) is 6.21. The van der Waals surface area contributed by atoms with Crippen LogP contribution in [-0.4, -0.2) is 95.8 Å². The lowest BCUT2D eigenvalue weighted by Crippen LogP contribution is -2.53. The quantitative estimate of drug-likeness (QED) is 0.364. The van der Waals surface area contributed by atoms with Gasteiger partial charge < -0.3 is 19.5 Å². The number of carbonyl (C=O) groups is 1. The SMILES string of the molecule is Cc1ccc2[nH]c(-c3cccc(N4CCC(N(CCN5CCN(C(C)C)CC5)C(=O)OC(C)(C)C)CC4)c3)cc2c1. The second-order valence-electron chi connectivity index (χ2n) is 13.2. The highest BCUT2D eigenvalue weighted by Gasteiger charge is 2.32. The lowest BCUT2D eigenvalue weighted by atomic mass is 10.0.